The largest absolute Gasteiger partial charge is 1.00 e. The molecule has 43 heavy (non-hydrogen) atoms. The third kappa shape index (κ3) is 10.4. The van der Waals surface area contributed by atoms with Gasteiger partial charge in [-0.3, -0.25) is 0 Å². The van der Waals surface area contributed by atoms with Crippen LogP contribution in [0.4, 0.5) is 0 Å². The van der Waals surface area contributed by atoms with Crippen molar-refractivity contribution in [1.82, 2.24) is 5.32 Å². The third-order valence-corrected chi connectivity index (χ3v) is 11.7. The van der Waals surface area contributed by atoms with Crippen LogP contribution in [0.3, 0.4) is 0 Å². The first-order valence-corrected chi connectivity index (χ1v) is 18.6. The Morgan fingerprint density at radius 1 is 0.605 bits per heavy atom. The van der Waals surface area contributed by atoms with E-state index in [0.717, 1.165) is 12.0 Å². The summed E-state index contributed by atoms with van der Waals surface area (Å²) in [5.74, 6) is 3.63. The maximum Gasteiger partial charge on any atom is 1.00 e. The van der Waals surface area contributed by atoms with Gasteiger partial charge in [0.2, 0.25) is 0 Å². The molecular weight excluding hydrogens is 569 g/mol. The molecule has 0 bridgehead atoms. The zero-order valence-electron chi connectivity index (χ0n) is 27.0. The SMILES string of the molecule is CC1CCCC(N=NC2CCC(N=NC3CCC(NC4CCCCC4)C4[CH-]CCCC34)C3CCCCC23)C1.O=S(=O)=O.[Na+]. The van der Waals surface area contributed by atoms with Crippen molar-refractivity contribution in [2.24, 2.45) is 50.0 Å². The second kappa shape index (κ2) is 18.2. The van der Waals surface area contributed by atoms with Gasteiger partial charge in [-0.25, -0.2) is 0 Å². The van der Waals surface area contributed by atoms with Crippen molar-refractivity contribution in [2.75, 3.05) is 0 Å². The minimum Gasteiger partial charge on any atom is -0.324 e. The summed E-state index contributed by atoms with van der Waals surface area (Å²) >= 11 is 0. The van der Waals surface area contributed by atoms with Crippen molar-refractivity contribution in [3.8, 4) is 0 Å². The standard InChI is InChI=1S/C33H56N5.Na.O3S/c1-23-10-9-13-25(22-23)35-36-31-20-21-33(29-17-8-7-16-28(29)31)38-37-32-19-18-30(26-14-5-6-15-27(26)32)34-24-11-3-2-4-12-24;;1-4(2)3/h14,23-34H,2-13,15-22H2,1H3;;/q-1;+1;. The van der Waals surface area contributed by atoms with E-state index in [1.54, 1.807) is 0 Å². The van der Waals surface area contributed by atoms with Crippen molar-refractivity contribution >= 4 is 10.6 Å². The maximum atomic E-state index is 8.44. The first-order valence-electron chi connectivity index (χ1n) is 17.6. The van der Waals surface area contributed by atoms with Crippen LogP contribution in [0.15, 0.2) is 20.5 Å². The van der Waals surface area contributed by atoms with E-state index >= 15 is 0 Å². The molecule has 0 heterocycles. The molecule has 0 aromatic carbocycles. The third-order valence-electron chi connectivity index (χ3n) is 11.7. The molecule has 6 saturated carbocycles. The van der Waals surface area contributed by atoms with Gasteiger partial charge in [0.15, 0.2) is 0 Å². The first-order chi connectivity index (χ1) is 20.5. The zero-order chi connectivity index (χ0) is 29.3. The van der Waals surface area contributed by atoms with Crippen LogP contribution in [0.5, 0.6) is 0 Å². The normalized spacial score (nSPS) is 40.5. The van der Waals surface area contributed by atoms with E-state index in [1.165, 1.54) is 128 Å². The molecule has 0 radical (unpaired) electrons. The molecule has 0 spiro atoms. The molecule has 6 aliphatic rings. The Labute approximate surface area is 284 Å². The van der Waals surface area contributed by atoms with Gasteiger partial charge >= 0.3 is 40.2 Å². The summed E-state index contributed by atoms with van der Waals surface area (Å²) in [7, 11) is -3.11. The number of hydrogen-bond acceptors (Lipinski definition) is 8. The van der Waals surface area contributed by atoms with Crippen molar-refractivity contribution in [3.63, 3.8) is 0 Å². The molecule has 0 aromatic rings. The number of nitrogens with one attached hydrogen (secondary N) is 1. The second-order valence-electron chi connectivity index (χ2n) is 14.6. The molecule has 0 saturated heterocycles. The molecular formula is C33H56N5NaO3S. The Balaban J connectivity index is 0.000000798. The molecule has 0 aromatic heterocycles. The van der Waals surface area contributed by atoms with Crippen molar-refractivity contribution in [1.29, 1.82) is 0 Å². The van der Waals surface area contributed by atoms with Gasteiger partial charge in [0.25, 0.3) is 0 Å². The predicted molar refractivity (Wildman–Crippen MR) is 165 cm³/mol. The average molecular weight is 626 g/mol. The van der Waals surface area contributed by atoms with Gasteiger partial charge in [-0.2, -0.15) is 26.9 Å². The van der Waals surface area contributed by atoms with Crippen LogP contribution in [0.2, 0.25) is 0 Å². The Bertz CT molecular complexity index is 1000. The molecule has 6 rings (SSSR count). The molecule has 8 nitrogen and oxygen atoms in total. The molecule has 6 fully saturated rings. The molecule has 0 amide bonds. The number of rotatable bonds is 6. The second-order valence-corrected chi connectivity index (χ2v) is 15.0. The predicted octanol–water partition coefficient (Wildman–Crippen LogP) is 4.88. The quantitative estimate of drug-likeness (QED) is 0.258. The first kappa shape index (κ1) is 35.6. The van der Waals surface area contributed by atoms with Gasteiger partial charge in [0, 0.05) is 6.04 Å². The van der Waals surface area contributed by atoms with Crippen LogP contribution in [0, 0.1) is 36.0 Å². The molecule has 238 valence electrons. The number of azo groups is 2. The van der Waals surface area contributed by atoms with E-state index in [1.807, 2.05) is 0 Å². The van der Waals surface area contributed by atoms with Gasteiger partial charge < -0.3 is 11.7 Å². The molecule has 0 aliphatic heterocycles. The molecule has 1 N–H and O–H groups in total. The van der Waals surface area contributed by atoms with E-state index in [4.69, 9.17) is 33.1 Å². The van der Waals surface area contributed by atoms with E-state index < -0.39 is 10.6 Å². The fraction of sp³-hybridized carbons (Fsp3) is 0.970. The summed E-state index contributed by atoms with van der Waals surface area (Å²) in [6.07, 6.45) is 29.2. The summed E-state index contributed by atoms with van der Waals surface area (Å²) < 4.78 is 25.3. The van der Waals surface area contributed by atoms with Crippen molar-refractivity contribution < 1.29 is 42.2 Å². The van der Waals surface area contributed by atoms with E-state index in [2.05, 4.69) is 18.7 Å². The van der Waals surface area contributed by atoms with Gasteiger partial charge in [0.05, 0.1) is 24.2 Å². The van der Waals surface area contributed by atoms with Gasteiger partial charge in [-0.05, 0) is 93.9 Å². The Hall–Kier alpha value is -0.220. The number of fused-ring (bicyclic) bond motifs is 2. The zero-order valence-corrected chi connectivity index (χ0v) is 29.8. The summed E-state index contributed by atoms with van der Waals surface area (Å²) in [6, 6.07) is 3.27. The molecule has 10 unspecified atom stereocenters. The molecule has 10 atom stereocenters. The van der Waals surface area contributed by atoms with Crippen LogP contribution in [0.25, 0.3) is 0 Å². The van der Waals surface area contributed by atoms with Crippen LogP contribution in [-0.2, 0) is 10.6 Å². The molecule has 6 aliphatic carbocycles. The van der Waals surface area contributed by atoms with Crippen molar-refractivity contribution in [3.05, 3.63) is 6.42 Å². The number of hydrogen-bond donors (Lipinski definition) is 1. The average Bonchev–Trinajstić information content (AvgIpc) is 3.00. The van der Waals surface area contributed by atoms with Crippen molar-refractivity contribution in [2.45, 2.75) is 172 Å². The van der Waals surface area contributed by atoms with Crippen LogP contribution in [-0.4, -0.2) is 48.9 Å². The minimum absolute atomic E-state index is 0. The van der Waals surface area contributed by atoms with Crippen LogP contribution in [0.1, 0.15) is 135 Å². The van der Waals surface area contributed by atoms with E-state index in [-0.39, 0.29) is 29.6 Å². The smallest absolute Gasteiger partial charge is 0.324 e. The Morgan fingerprint density at radius 3 is 1.81 bits per heavy atom. The monoisotopic (exact) mass is 625 g/mol. The summed E-state index contributed by atoms with van der Waals surface area (Å²) in [5, 5.41) is 24.6. The molecule has 10 heteroatoms. The van der Waals surface area contributed by atoms with Gasteiger partial charge in [-0.15, -0.1) is 18.5 Å². The van der Waals surface area contributed by atoms with E-state index in [9.17, 15) is 0 Å². The minimum atomic E-state index is -3.11. The topological polar surface area (TPSA) is 113 Å². The fourth-order valence-electron chi connectivity index (χ4n) is 9.67. The number of nitrogens with zero attached hydrogens (tertiary/aromatic N) is 4. The summed E-state index contributed by atoms with van der Waals surface area (Å²) in [4.78, 5) is 0. The fourth-order valence-corrected chi connectivity index (χ4v) is 9.67. The van der Waals surface area contributed by atoms with E-state index in [0.29, 0.717) is 53.9 Å². The van der Waals surface area contributed by atoms with Crippen LogP contribution >= 0.6 is 0 Å². The van der Waals surface area contributed by atoms with Gasteiger partial charge in [-0.1, -0.05) is 64.7 Å². The Kier molecular flexibility index (Phi) is 15.1. The van der Waals surface area contributed by atoms with Crippen LogP contribution < -0.4 is 34.9 Å². The summed E-state index contributed by atoms with van der Waals surface area (Å²) in [5.41, 5.74) is 0. The maximum absolute atomic E-state index is 8.44. The van der Waals surface area contributed by atoms with Gasteiger partial charge in [0.1, 0.15) is 0 Å². The summed E-state index contributed by atoms with van der Waals surface area (Å²) in [6.45, 7) is 2.39. The Morgan fingerprint density at radius 2 is 1.16 bits per heavy atom.